The van der Waals surface area contributed by atoms with Crippen LogP contribution in [0.3, 0.4) is 0 Å². The molecule has 0 saturated carbocycles. The predicted octanol–water partition coefficient (Wildman–Crippen LogP) is 6.15. The van der Waals surface area contributed by atoms with E-state index >= 15 is 0 Å². The summed E-state index contributed by atoms with van der Waals surface area (Å²) in [5.41, 5.74) is 0. The van der Waals surface area contributed by atoms with Gasteiger partial charge in [0.2, 0.25) is 0 Å². The molecule has 0 aromatic heterocycles. The lowest BCUT2D eigenvalue weighted by atomic mass is 9.95. The first kappa shape index (κ1) is 67.3. The number of unbranched alkanes of at least 4 members (excludes halogenated alkanes) is 15. The summed E-state index contributed by atoms with van der Waals surface area (Å²) < 4.78 is 124. The van der Waals surface area contributed by atoms with Gasteiger partial charge in [-0.05, 0) is 12.2 Å². The second kappa shape index (κ2) is 40.3. The molecule has 0 aliphatic carbocycles. The topological polar surface area (TPSA) is 318 Å². The molecule has 3 fully saturated rings. The Morgan fingerprint density at radius 2 is 0.647 bits per heavy atom. The number of hydrogen-bond acceptors (Lipinski definition) is 27. The summed E-state index contributed by atoms with van der Waals surface area (Å²) in [5.74, 6) is -9.60. The molecule has 0 aromatic rings. The smallest absolute Gasteiger partial charge is 0.303 e. The van der Waals surface area contributed by atoms with Crippen molar-refractivity contribution in [1.82, 2.24) is 0 Å². The molecule has 3 aliphatic heterocycles. The molecule has 3 heterocycles. The van der Waals surface area contributed by atoms with E-state index in [0.717, 1.165) is 66.6 Å². The molecule has 3 saturated heterocycles. The van der Waals surface area contributed by atoms with Crippen LogP contribution < -0.4 is 0 Å². The van der Waals surface area contributed by atoms with Crippen LogP contribution in [0.4, 0.5) is 0 Å². The van der Waals surface area contributed by atoms with Crippen LogP contribution >= 0.6 is 11.8 Å². The maximum absolute atomic E-state index is 13.2. The second-order valence-electron chi connectivity index (χ2n) is 20.6. The monoisotopic (exact) mass is 1240 g/mol. The van der Waals surface area contributed by atoms with Crippen molar-refractivity contribution in [2.45, 2.75) is 271 Å². The van der Waals surface area contributed by atoms with Crippen LogP contribution in [0, 0.1) is 0 Å². The van der Waals surface area contributed by atoms with E-state index in [2.05, 4.69) is 6.92 Å². The summed E-state index contributed by atoms with van der Waals surface area (Å²) in [5, 5.41) is 0. The van der Waals surface area contributed by atoms with Gasteiger partial charge in [-0.15, -0.1) is 0 Å². The van der Waals surface area contributed by atoms with Gasteiger partial charge in [0.1, 0.15) is 50.3 Å². The largest absolute Gasteiger partial charge is 0.463 e. The van der Waals surface area contributed by atoms with Crippen LogP contribution in [0.2, 0.25) is 0 Å². The van der Waals surface area contributed by atoms with Crippen molar-refractivity contribution in [3.05, 3.63) is 0 Å². The Bertz CT molecular complexity index is 2200. The summed E-state index contributed by atoms with van der Waals surface area (Å²) >= 11 is 1.62. The van der Waals surface area contributed by atoms with E-state index in [1.54, 1.807) is 11.8 Å². The quantitative estimate of drug-likeness (QED) is 0.0380. The summed E-state index contributed by atoms with van der Waals surface area (Å²) in [4.78, 5) is 128. The summed E-state index contributed by atoms with van der Waals surface area (Å²) in [6.45, 7) is 1.72. The van der Waals surface area contributed by atoms with E-state index in [9.17, 15) is 47.9 Å². The van der Waals surface area contributed by atoms with E-state index in [0.29, 0.717) is 5.75 Å². The van der Waals surface area contributed by atoms with Crippen molar-refractivity contribution in [2.75, 3.05) is 37.9 Å². The fourth-order valence-electron chi connectivity index (χ4n) is 9.82. The highest BCUT2D eigenvalue weighted by Crippen LogP contribution is 2.38. The van der Waals surface area contributed by atoms with Crippen LogP contribution in [-0.4, -0.2) is 190 Å². The third-order valence-electron chi connectivity index (χ3n) is 13.3. The predicted molar refractivity (Wildman–Crippen MR) is 297 cm³/mol. The van der Waals surface area contributed by atoms with Crippen LogP contribution in [0.25, 0.3) is 0 Å². The van der Waals surface area contributed by atoms with E-state index in [1.807, 2.05) is 0 Å². The van der Waals surface area contributed by atoms with Gasteiger partial charge in [0.15, 0.2) is 61.6 Å². The molecule has 85 heavy (non-hydrogen) atoms. The second-order valence-corrected chi connectivity index (χ2v) is 21.8. The van der Waals surface area contributed by atoms with Crippen LogP contribution in [0.15, 0.2) is 0 Å². The van der Waals surface area contributed by atoms with Gasteiger partial charge in [-0.25, -0.2) is 0 Å². The number of esters is 10. The lowest BCUT2D eigenvalue weighted by Crippen LogP contribution is -2.69. The standard InChI is InChI=1S/C58H92O26S/c1-12-13-14-15-16-17-18-19-20-21-22-23-24-25-26-27-29-85-30-28-69-56-53(77-41(9)66)51(75-39(7)64)48(45(80-56)32-71-35(3)60)83-58-55(79-43(11)68)52(76-40(8)65)49(46(82-58)33-72-36(4)61)84-57-54(78-42(10)67)50(74-38(6)63)47(73-37(5)62)44(81-57)31-70-34(2)59/h44-58H,12-33H2,1-11H3/t44-,45-,46-,47+,48-,49+,50+,51+,52+,53-,54-,55-,56-,57?,58+/m1/s1/i2D,5D,6D,10D. The van der Waals surface area contributed by atoms with Gasteiger partial charge in [-0.2, -0.15) is 11.8 Å². The molecule has 3 aliphatic rings. The average molecular weight is 1240 g/mol. The van der Waals surface area contributed by atoms with Crippen molar-refractivity contribution >= 4 is 71.5 Å². The van der Waals surface area contributed by atoms with Gasteiger partial charge in [0.25, 0.3) is 0 Å². The Labute approximate surface area is 508 Å². The third kappa shape index (κ3) is 28.5. The van der Waals surface area contributed by atoms with Crippen LogP contribution in [0.5, 0.6) is 0 Å². The first-order chi connectivity index (χ1) is 42.6. The van der Waals surface area contributed by atoms with E-state index in [4.69, 9.17) is 81.3 Å². The van der Waals surface area contributed by atoms with Gasteiger partial charge >= 0.3 is 59.7 Å². The molecule has 486 valence electrons. The first-order valence-corrected chi connectivity index (χ1v) is 30.1. The minimum atomic E-state index is -2.21. The lowest BCUT2D eigenvalue weighted by molar-refractivity contribution is -0.380. The maximum atomic E-state index is 13.2. The van der Waals surface area contributed by atoms with Crippen LogP contribution in [0.1, 0.15) is 184 Å². The Morgan fingerprint density at radius 1 is 0.341 bits per heavy atom. The minimum absolute atomic E-state index is 0.0312. The fourth-order valence-corrected chi connectivity index (χ4v) is 10.7. The number of thioether (sulfide) groups is 1. The van der Waals surface area contributed by atoms with E-state index < -0.39 is 199 Å². The molecule has 0 amide bonds. The number of hydrogen-bond donors (Lipinski definition) is 0. The number of rotatable bonds is 38. The molecule has 0 radical (unpaired) electrons. The molecule has 0 bridgehead atoms. The molecule has 0 aromatic carbocycles. The van der Waals surface area contributed by atoms with Crippen molar-refractivity contribution in [3.63, 3.8) is 0 Å². The normalized spacial score (nSPS) is 27.9. The molecular weight excluding hydrogens is 1140 g/mol. The highest BCUT2D eigenvalue weighted by molar-refractivity contribution is 7.99. The highest BCUT2D eigenvalue weighted by atomic mass is 32.2. The zero-order valence-electron chi connectivity index (χ0n) is 54.1. The summed E-state index contributed by atoms with van der Waals surface area (Å²) in [6.07, 6.45) is -8.35. The van der Waals surface area contributed by atoms with Gasteiger partial charge < -0.3 is 75.8 Å². The molecule has 1 unspecified atom stereocenters. The molecular formula is C58H92O26S. The van der Waals surface area contributed by atoms with Gasteiger partial charge in [0.05, 0.1) is 6.61 Å². The molecule has 26 nitrogen and oxygen atoms in total. The van der Waals surface area contributed by atoms with Gasteiger partial charge in [0, 0.05) is 80.4 Å². The molecule has 27 heteroatoms. The van der Waals surface area contributed by atoms with Crippen LogP contribution in [-0.2, 0) is 124 Å². The van der Waals surface area contributed by atoms with Crippen molar-refractivity contribution in [1.29, 1.82) is 0 Å². The number of carbonyl (C=O) groups excluding carboxylic acids is 10. The Balaban J connectivity index is 2.00. The third-order valence-corrected chi connectivity index (χ3v) is 14.4. The Kier molecular flexibility index (Phi) is 31.9. The minimum Gasteiger partial charge on any atom is -0.463 e. The fraction of sp³-hybridized carbons (Fsp3) is 0.828. The molecule has 0 N–H and O–H groups in total. The summed E-state index contributed by atoms with van der Waals surface area (Å²) in [6, 6.07) is 0. The van der Waals surface area contributed by atoms with E-state index in [-0.39, 0.29) is 6.61 Å². The summed E-state index contributed by atoms with van der Waals surface area (Å²) in [7, 11) is 0. The number of ether oxygens (including phenoxy) is 16. The average Bonchev–Trinajstić information content (AvgIpc) is 1.28. The zero-order valence-corrected chi connectivity index (χ0v) is 50.9. The van der Waals surface area contributed by atoms with Gasteiger partial charge in [-0.1, -0.05) is 103 Å². The maximum Gasteiger partial charge on any atom is 0.303 e. The Morgan fingerprint density at radius 3 is 1.04 bits per heavy atom. The molecule has 15 atom stereocenters. The first-order valence-electron chi connectivity index (χ1n) is 31.7. The van der Waals surface area contributed by atoms with Crippen molar-refractivity contribution < 1.29 is 129 Å². The number of carbonyl (C=O) groups is 10. The van der Waals surface area contributed by atoms with E-state index in [1.165, 1.54) is 83.5 Å². The Hall–Kier alpha value is -5.19. The van der Waals surface area contributed by atoms with Gasteiger partial charge in [-0.3, -0.25) is 47.9 Å². The lowest BCUT2D eigenvalue weighted by Gasteiger charge is -2.50. The zero-order chi connectivity index (χ0) is 65.8. The van der Waals surface area contributed by atoms with Crippen molar-refractivity contribution in [3.8, 4) is 0 Å². The molecule has 3 rings (SSSR count). The van der Waals surface area contributed by atoms with Crippen molar-refractivity contribution in [2.24, 2.45) is 0 Å². The molecule has 0 spiro atoms. The SMILES string of the molecule is [2H]CC(=O)OC[C@H]1OC(O[C@@H]2[C@H](OC(C)=O)[C@@H](OC(C)=O)[C@H](O[C@H]3[C@H](OC(C)=O)[C@@H](OC(C)=O)[C@H](OCCSCCCCCCCCCCCCCCCCCC)O[C@@H]3COC(C)=O)O[C@@H]2COC(C)=O)[C@H](OC(=O)C[2H])[C@@H](OC(=O)C[2H])[C@H]1OC(=O)C[2H]. The highest BCUT2D eigenvalue weighted by Gasteiger charge is 2.60.